The van der Waals surface area contributed by atoms with Gasteiger partial charge in [0, 0.05) is 25.5 Å². The van der Waals surface area contributed by atoms with Gasteiger partial charge >= 0.3 is 6.01 Å². The maximum atomic E-state index is 11.9. The van der Waals surface area contributed by atoms with Crippen LogP contribution < -0.4 is 15.0 Å². The molecule has 3 heterocycles. The van der Waals surface area contributed by atoms with Crippen molar-refractivity contribution in [2.24, 2.45) is 0 Å². The molecular weight excluding hydrogens is 296 g/mol. The third kappa shape index (κ3) is 3.97. The highest BCUT2D eigenvalue weighted by Gasteiger charge is 2.17. The Balaban J connectivity index is 1.64. The Kier molecular flexibility index (Phi) is 4.70. The van der Waals surface area contributed by atoms with Crippen LogP contribution >= 0.6 is 0 Å². The van der Waals surface area contributed by atoms with Crippen LogP contribution in [-0.2, 0) is 17.9 Å². The summed E-state index contributed by atoms with van der Waals surface area (Å²) in [5, 5.41) is 2.82. The van der Waals surface area contributed by atoms with Crippen LogP contribution in [0, 0.1) is 0 Å². The molecule has 23 heavy (non-hydrogen) atoms. The van der Waals surface area contributed by atoms with Gasteiger partial charge in [-0.2, -0.15) is 15.0 Å². The van der Waals surface area contributed by atoms with E-state index in [0.717, 1.165) is 25.9 Å². The molecule has 0 unspecified atom stereocenters. The summed E-state index contributed by atoms with van der Waals surface area (Å²) in [5.41, 5.74) is 0. The van der Waals surface area contributed by atoms with Gasteiger partial charge in [0.1, 0.15) is 6.54 Å². The first-order valence-corrected chi connectivity index (χ1v) is 7.66. The van der Waals surface area contributed by atoms with Crippen LogP contribution in [0.4, 0.5) is 5.95 Å². The molecule has 2 aromatic rings. The van der Waals surface area contributed by atoms with Crippen LogP contribution in [0.15, 0.2) is 24.5 Å². The molecule has 1 fully saturated rings. The Bertz CT molecular complexity index is 652. The second-order valence-corrected chi connectivity index (χ2v) is 5.36. The van der Waals surface area contributed by atoms with E-state index >= 15 is 0 Å². The molecule has 3 rings (SSSR count). The molecule has 0 aliphatic carbocycles. The molecule has 1 amide bonds. The number of methoxy groups -OCH3 is 1. The molecule has 8 nitrogen and oxygen atoms in total. The summed E-state index contributed by atoms with van der Waals surface area (Å²) >= 11 is 0. The van der Waals surface area contributed by atoms with Crippen molar-refractivity contribution in [1.82, 2.24) is 24.8 Å². The summed E-state index contributed by atoms with van der Waals surface area (Å²) in [6.45, 7) is 2.40. The molecule has 0 atom stereocenters. The predicted octanol–water partition coefficient (Wildman–Crippen LogP) is 0.598. The molecule has 0 aromatic carbocycles. The van der Waals surface area contributed by atoms with Gasteiger partial charge in [-0.05, 0) is 25.0 Å². The summed E-state index contributed by atoms with van der Waals surface area (Å²) in [4.78, 5) is 27.0. The number of carbonyl (C=O) groups is 1. The van der Waals surface area contributed by atoms with Gasteiger partial charge in [-0.15, -0.1) is 0 Å². The van der Waals surface area contributed by atoms with Gasteiger partial charge < -0.3 is 19.5 Å². The Labute approximate surface area is 134 Å². The van der Waals surface area contributed by atoms with E-state index in [2.05, 4.69) is 25.2 Å². The largest absolute Gasteiger partial charge is 0.467 e. The van der Waals surface area contributed by atoms with Crippen molar-refractivity contribution in [3.8, 4) is 6.01 Å². The van der Waals surface area contributed by atoms with Crippen LogP contribution in [0.25, 0.3) is 0 Å². The van der Waals surface area contributed by atoms with Gasteiger partial charge in [-0.1, -0.05) is 0 Å². The Morgan fingerprint density at radius 1 is 1.22 bits per heavy atom. The fourth-order valence-electron chi connectivity index (χ4n) is 2.49. The number of nitrogens with one attached hydrogen (secondary N) is 1. The first kappa shape index (κ1) is 15.3. The summed E-state index contributed by atoms with van der Waals surface area (Å²) in [6, 6.07) is 4.04. The molecule has 0 bridgehead atoms. The van der Waals surface area contributed by atoms with Gasteiger partial charge in [-0.3, -0.25) is 4.79 Å². The maximum Gasteiger partial charge on any atom is 0.321 e. The second-order valence-electron chi connectivity index (χ2n) is 5.36. The van der Waals surface area contributed by atoms with Crippen molar-refractivity contribution >= 4 is 11.9 Å². The number of rotatable bonds is 6. The lowest BCUT2D eigenvalue weighted by atomic mass is 10.4. The van der Waals surface area contributed by atoms with Crippen LogP contribution in [-0.4, -0.2) is 45.6 Å². The third-order valence-corrected chi connectivity index (χ3v) is 3.66. The number of amides is 1. The fourth-order valence-corrected chi connectivity index (χ4v) is 2.49. The molecule has 0 radical (unpaired) electrons. The third-order valence-electron chi connectivity index (χ3n) is 3.66. The van der Waals surface area contributed by atoms with Crippen LogP contribution in [0.5, 0.6) is 6.01 Å². The topological polar surface area (TPSA) is 85.2 Å². The van der Waals surface area contributed by atoms with Crippen molar-refractivity contribution in [1.29, 1.82) is 0 Å². The van der Waals surface area contributed by atoms with E-state index in [1.807, 2.05) is 24.5 Å². The smallest absolute Gasteiger partial charge is 0.321 e. The van der Waals surface area contributed by atoms with Gasteiger partial charge in [-0.25, -0.2) is 0 Å². The molecule has 8 heteroatoms. The normalized spacial score (nSPS) is 14.0. The molecule has 122 valence electrons. The number of hydrogen-bond acceptors (Lipinski definition) is 6. The van der Waals surface area contributed by atoms with Crippen LogP contribution in [0.2, 0.25) is 0 Å². The highest BCUT2D eigenvalue weighted by molar-refractivity contribution is 5.75. The molecule has 1 aliphatic heterocycles. The quantitative estimate of drug-likeness (QED) is 0.840. The Morgan fingerprint density at radius 2 is 1.96 bits per heavy atom. The van der Waals surface area contributed by atoms with Gasteiger partial charge in [0.2, 0.25) is 11.9 Å². The Morgan fingerprint density at radius 3 is 2.65 bits per heavy atom. The first-order valence-electron chi connectivity index (χ1n) is 7.66. The van der Waals surface area contributed by atoms with E-state index in [1.165, 1.54) is 7.11 Å². The first-order chi connectivity index (χ1) is 11.2. The monoisotopic (exact) mass is 316 g/mol. The summed E-state index contributed by atoms with van der Waals surface area (Å²) < 4.78 is 6.95. The lowest BCUT2D eigenvalue weighted by molar-refractivity contribution is -0.121. The van der Waals surface area contributed by atoms with Crippen molar-refractivity contribution in [2.45, 2.75) is 25.9 Å². The van der Waals surface area contributed by atoms with E-state index < -0.39 is 0 Å². The molecule has 0 saturated carbocycles. The van der Waals surface area contributed by atoms with Crippen LogP contribution in [0.3, 0.4) is 0 Å². The average Bonchev–Trinajstić information content (AvgIpc) is 3.26. The number of hydrogen-bond donors (Lipinski definition) is 1. The van der Waals surface area contributed by atoms with Crippen molar-refractivity contribution in [3.05, 3.63) is 30.4 Å². The lowest BCUT2D eigenvalue weighted by Gasteiger charge is -2.16. The SMILES string of the molecule is COc1nc(CNC(=O)Cn2cccc2)nc(N2CCCC2)n1. The van der Waals surface area contributed by atoms with E-state index in [1.54, 1.807) is 4.57 Å². The van der Waals surface area contributed by atoms with E-state index in [4.69, 9.17) is 4.74 Å². The Hall–Kier alpha value is -2.64. The van der Waals surface area contributed by atoms with Gasteiger partial charge in [0.05, 0.1) is 13.7 Å². The zero-order chi connectivity index (χ0) is 16.1. The summed E-state index contributed by atoms with van der Waals surface area (Å²) in [6.07, 6.45) is 5.96. The summed E-state index contributed by atoms with van der Waals surface area (Å²) in [5.74, 6) is 1.02. The molecule has 1 saturated heterocycles. The number of nitrogens with zero attached hydrogens (tertiary/aromatic N) is 5. The fraction of sp³-hybridized carbons (Fsp3) is 0.467. The number of anilines is 1. The van der Waals surface area contributed by atoms with Crippen molar-refractivity contribution in [3.63, 3.8) is 0 Å². The standard InChI is InChI=1S/C15H20N6O2/c1-23-15-18-12(17-14(19-15)21-8-4-5-9-21)10-16-13(22)11-20-6-2-3-7-20/h2-3,6-7H,4-5,8-11H2,1H3,(H,16,22). The maximum absolute atomic E-state index is 11.9. The molecule has 0 spiro atoms. The molecule has 1 N–H and O–H groups in total. The molecule has 1 aliphatic rings. The minimum atomic E-state index is -0.0942. The van der Waals surface area contributed by atoms with E-state index in [9.17, 15) is 4.79 Å². The average molecular weight is 316 g/mol. The van der Waals surface area contributed by atoms with E-state index in [0.29, 0.717) is 11.8 Å². The molecule has 2 aromatic heterocycles. The number of ether oxygens (including phenoxy) is 1. The van der Waals surface area contributed by atoms with Crippen LogP contribution in [0.1, 0.15) is 18.7 Å². The second kappa shape index (κ2) is 7.08. The highest BCUT2D eigenvalue weighted by Crippen LogP contribution is 2.17. The van der Waals surface area contributed by atoms with Crippen molar-refractivity contribution < 1.29 is 9.53 Å². The van der Waals surface area contributed by atoms with Crippen molar-refractivity contribution in [2.75, 3.05) is 25.1 Å². The number of carbonyl (C=O) groups excluding carboxylic acids is 1. The van der Waals surface area contributed by atoms with E-state index in [-0.39, 0.29) is 25.0 Å². The number of aromatic nitrogens is 4. The zero-order valence-electron chi connectivity index (χ0n) is 13.1. The zero-order valence-corrected chi connectivity index (χ0v) is 13.1. The van der Waals surface area contributed by atoms with Gasteiger partial charge in [0.25, 0.3) is 0 Å². The molecular formula is C15H20N6O2. The predicted molar refractivity (Wildman–Crippen MR) is 84.1 cm³/mol. The lowest BCUT2D eigenvalue weighted by Crippen LogP contribution is -2.28. The highest BCUT2D eigenvalue weighted by atomic mass is 16.5. The summed E-state index contributed by atoms with van der Waals surface area (Å²) in [7, 11) is 1.53. The van der Waals surface area contributed by atoms with Gasteiger partial charge in [0.15, 0.2) is 5.82 Å². The minimum absolute atomic E-state index is 0.0942. The minimum Gasteiger partial charge on any atom is -0.467 e.